The molecular weight excluding hydrogens is 328 g/mol. The maximum Gasteiger partial charge on any atom is 0.206 e. The molecule has 0 saturated heterocycles. The molecule has 23 heavy (non-hydrogen) atoms. The van der Waals surface area contributed by atoms with E-state index >= 15 is 0 Å². The molecular formula is C16H16N4OS2. The van der Waals surface area contributed by atoms with Crippen LogP contribution in [0.15, 0.2) is 41.3 Å². The zero-order chi connectivity index (χ0) is 16.2. The Labute approximate surface area is 142 Å². The molecule has 0 amide bonds. The Bertz CT molecular complexity index is 853. The number of nitrogens with zero attached hydrogens (tertiary/aromatic N) is 2. The van der Waals surface area contributed by atoms with Crippen molar-refractivity contribution in [2.24, 2.45) is 0 Å². The molecule has 1 aromatic carbocycles. The van der Waals surface area contributed by atoms with Gasteiger partial charge in [0.1, 0.15) is 0 Å². The number of hydrogen-bond donors (Lipinski definition) is 2. The molecule has 0 radical (unpaired) electrons. The van der Waals surface area contributed by atoms with Gasteiger partial charge in [-0.1, -0.05) is 47.4 Å². The molecule has 118 valence electrons. The van der Waals surface area contributed by atoms with Crippen molar-refractivity contribution in [3.63, 3.8) is 0 Å². The van der Waals surface area contributed by atoms with E-state index in [9.17, 15) is 4.79 Å². The monoisotopic (exact) mass is 344 g/mol. The number of aromatic amines is 1. The zero-order valence-electron chi connectivity index (χ0n) is 12.6. The number of thioether (sulfide) groups is 1. The van der Waals surface area contributed by atoms with Gasteiger partial charge in [0.15, 0.2) is 10.1 Å². The number of para-hydroxylation sites is 1. The van der Waals surface area contributed by atoms with Crippen LogP contribution in [0.2, 0.25) is 0 Å². The van der Waals surface area contributed by atoms with Crippen LogP contribution >= 0.6 is 23.1 Å². The average molecular weight is 344 g/mol. The number of fused-ring (bicyclic) bond motifs is 1. The molecule has 0 fully saturated rings. The van der Waals surface area contributed by atoms with E-state index in [4.69, 9.17) is 0 Å². The highest BCUT2D eigenvalue weighted by Gasteiger charge is 2.16. The molecule has 0 aliphatic carbocycles. The molecule has 2 N–H and O–H groups in total. The number of nitrogens with one attached hydrogen (secondary N) is 2. The van der Waals surface area contributed by atoms with E-state index in [0.717, 1.165) is 31.6 Å². The lowest BCUT2D eigenvalue weighted by Gasteiger charge is -1.99. The molecule has 0 aliphatic rings. The van der Waals surface area contributed by atoms with Gasteiger partial charge in [0.2, 0.25) is 5.13 Å². The number of aryl methyl sites for hydroxylation is 1. The van der Waals surface area contributed by atoms with E-state index in [1.165, 1.54) is 23.1 Å². The lowest BCUT2D eigenvalue weighted by atomic mass is 10.1. The van der Waals surface area contributed by atoms with Gasteiger partial charge in [-0.15, -0.1) is 16.8 Å². The number of carbonyl (C=O) groups excluding carboxylic acids is 1. The fraction of sp³-hybridized carbons (Fsp3) is 0.188. The third-order valence-corrected chi connectivity index (χ3v) is 5.32. The van der Waals surface area contributed by atoms with E-state index in [1.54, 1.807) is 6.08 Å². The maximum atomic E-state index is 12.6. The SMILES string of the molecule is C=CCNc1nnc(SCC(=O)c2c(C)[nH]c3ccccc23)s1. The molecule has 3 aromatic rings. The second-order valence-electron chi connectivity index (χ2n) is 4.93. The zero-order valence-corrected chi connectivity index (χ0v) is 14.3. The minimum absolute atomic E-state index is 0.0979. The molecule has 3 rings (SSSR count). The number of aromatic nitrogens is 3. The Kier molecular flexibility index (Phi) is 4.78. The maximum absolute atomic E-state index is 12.6. The highest BCUT2D eigenvalue weighted by Crippen LogP contribution is 2.28. The largest absolute Gasteiger partial charge is 0.358 e. The van der Waals surface area contributed by atoms with Crippen molar-refractivity contribution in [2.75, 3.05) is 17.6 Å². The van der Waals surface area contributed by atoms with Crippen LogP contribution in [0.4, 0.5) is 5.13 Å². The van der Waals surface area contributed by atoms with Gasteiger partial charge in [0.05, 0.1) is 5.75 Å². The molecule has 2 aromatic heterocycles. The first-order valence-electron chi connectivity index (χ1n) is 7.10. The van der Waals surface area contributed by atoms with Crippen molar-refractivity contribution < 1.29 is 4.79 Å². The number of hydrogen-bond acceptors (Lipinski definition) is 6. The van der Waals surface area contributed by atoms with Gasteiger partial charge in [-0.05, 0) is 13.0 Å². The summed E-state index contributed by atoms with van der Waals surface area (Å²) >= 11 is 2.86. The first kappa shape index (κ1) is 15.8. The third kappa shape index (κ3) is 3.46. The summed E-state index contributed by atoms with van der Waals surface area (Å²) in [5, 5.41) is 12.9. The van der Waals surface area contributed by atoms with E-state index in [-0.39, 0.29) is 5.78 Å². The lowest BCUT2D eigenvalue weighted by molar-refractivity contribution is 0.102. The normalized spacial score (nSPS) is 10.8. The molecule has 2 heterocycles. The van der Waals surface area contributed by atoms with Crippen LogP contribution < -0.4 is 5.32 Å². The van der Waals surface area contributed by atoms with Gasteiger partial charge in [0.25, 0.3) is 0 Å². The van der Waals surface area contributed by atoms with Crippen LogP contribution in [0.3, 0.4) is 0 Å². The minimum atomic E-state index is 0.0979. The summed E-state index contributed by atoms with van der Waals surface area (Å²) in [5.41, 5.74) is 2.66. The summed E-state index contributed by atoms with van der Waals surface area (Å²) in [6, 6.07) is 7.86. The van der Waals surface area contributed by atoms with Crippen molar-refractivity contribution in [3.05, 3.63) is 48.2 Å². The van der Waals surface area contributed by atoms with Gasteiger partial charge in [-0.3, -0.25) is 4.79 Å². The molecule has 0 atom stereocenters. The second kappa shape index (κ2) is 6.97. The fourth-order valence-electron chi connectivity index (χ4n) is 2.33. The molecule has 0 unspecified atom stereocenters. The molecule has 0 bridgehead atoms. The number of benzene rings is 1. The first-order valence-corrected chi connectivity index (χ1v) is 8.91. The van der Waals surface area contributed by atoms with Gasteiger partial charge >= 0.3 is 0 Å². The summed E-state index contributed by atoms with van der Waals surface area (Å²) in [6.07, 6.45) is 1.76. The van der Waals surface area contributed by atoms with Gasteiger partial charge < -0.3 is 10.3 Å². The van der Waals surface area contributed by atoms with Crippen LogP contribution in [0.5, 0.6) is 0 Å². The van der Waals surface area contributed by atoms with Crippen molar-refractivity contribution in [1.29, 1.82) is 0 Å². The Hall–Kier alpha value is -2.12. The number of carbonyl (C=O) groups is 1. The van der Waals surface area contributed by atoms with Crippen LogP contribution in [0.1, 0.15) is 16.1 Å². The Morgan fingerprint density at radius 3 is 3.09 bits per heavy atom. The number of anilines is 1. The molecule has 0 spiro atoms. The van der Waals surface area contributed by atoms with Crippen molar-refractivity contribution >= 4 is 44.9 Å². The summed E-state index contributed by atoms with van der Waals surface area (Å²) in [7, 11) is 0. The Morgan fingerprint density at radius 1 is 1.43 bits per heavy atom. The van der Waals surface area contributed by atoms with Crippen LogP contribution in [-0.2, 0) is 0 Å². The minimum Gasteiger partial charge on any atom is -0.358 e. The number of ketones is 1. The van der Waals surface area contributed by atoms with Crippen LogP contribution in [0.25, 0.3) is 10.9 Å². The van der Waals surface area contributed by atoms with Crippen molar-refractivity contribution in [1.82, 2.24) is 15.2 Å². The summed E-state index contributed by atoms with van der Waals surface area (Å²) in [4.78, 5) is 15.8. The van der Waals surface area contributed by atoms with Crippen LogP contribution in [0, 0.1) is 6.92 Å². The van der Waals surface area contributed by atoms with E-state index in [1.807, 2.05) is 31.2 Å². The Morgan fingerprint density at radius 2 is 2.26 bits per heavy atom. The summed E-state index contributed by atoms with van der Waals surface area (Å²) < 4.78 is 0.780. The quantitative estimate of drug-likeness (QED) is 0.386. The summed E-state index contributed by atoms with van der Waals surface area (Å²) in [5.74, 6) is 0.444. The van der Waals surface area contributed by atoms with E-state index in [0.29, 0.717) is 12.3 Å². The highest BCUT2D eigenvalue weighted by atomic mass is 32.2. The van der Waals surface area contributed by atoms with E-state index < -0.39 is 0 Å². The lowest BCUT2D eigenvalue weighted by Crippen LogP contribution is -2.03. The van der Waals surface area contributed by atoms with Crippen molar-refractivity contribution in [3.8, 4) is 0 Å². The summed E-state index contributed by atoms with van der Waals surface area (Å²) in [6.45, 7) is 6.22. The number of Topliss-reactive ketones (excluding diaryl/α,β-unsaturated/α-hetero) is 1. The molecule has 0 aliphatic heterocycles. The standard InChI is InChI=1S/C16H16N4OS2/c1-3-8-17-15-19-20-16(23-15)22-9-13(21)14-10(2)18-12-7-5-4-6-11(12)14/h3-7,18H,1,8-9H2,2H3,(H,17,19). The Balaban J connectivity index is 1.70. The van der Waals surface area contributed by atoms with Crippen LogP contribution in [-0.4, -0.2) is 33.3 Å². The van der Waals surface area contributed by atoms with E-state index in [2.05, 4.69) is 27.1 Å². The van der Waals surface area contributed by atoms with Crippen molar-refractivity contribution in [2.45, 2.75) is 11.3 Å². The highest BCUT2D eigenvalue weighted by molar-refractivity contribution is 8.01. The number of H-pyrrole nitrogens is 1. The third-order valence-electron chi connectivity index (χ3n) is 3.30. The molecule has 5 nitrogen and oxygen atoms in total. The smallest absolute Gasteiger partial charge is 0.206 e. The molecule has 7 heteroatoms. The second-order valence-corrected chi connectivity index (χ2v) is 7.13. The first-order chi connectivity index (χ1) is 11.2. The number of rotatable bonds is 7. The predicted molar refractivity (Wildman–Crippen MR) is 96.7 cm³/mol. The van der Waals surface area contributed by atoms with Gasteiger partial charge in [-0.2, -0.15) is 0 Å². The molecule has 0 saturated carbocycles. The average Bonchev–Trinajstić information content (AvgIpc) is 3.13. The predicted octanol–water partition coefficient (Wildman–Crippen LogP) is 3.90. The topological polar surface area (TPSA) is 70.7 Å². The van der Waals surface area contributed by atoms with Gasteiger partial charge in [0, 0.05) is 28.7 Å². The fourth-order valence-corrected chi connectivity index (χ4v) is 3.97. The van der Waals surface area contributed by atoms with Gasteiger partial charge in [-0.25, -0.2) is 0 Å².